The lowest BCUT2D eigenvalue weighted by molar-refractivity contribution is 0.101. The lowest BCUT2D eigenvalue weighted by Gasteiger charge is -2.13. The van der Waals surface area contributed by atoms with Gasteiger partial charge in [-0.25, -0.2) is 9.97 Å². The predicted octanol–water partition coefficient (Wildman–Crippen LogP) is 7.07. The smallest absolute Gasteiger partial charge is 0.265 e. The van der Waals surface area contributed by atoms with Crippen molar-refractivity contribution in [3.8, 4) is 9.75 Å². The number of aromatic nitrogens is 3. The molecular formula is C30H26N6O3S2. The molecule has 1 aliphatic heterocycles. The number of rotatable bonds is 8. The van der Waals surface area contributed by atoms with Crippen LogP contribution in [0.1, 0.15) is 50.2 Å². The molecule has 5 heterocycles. The molecule has 1 aromatic carbocycles. The Morgan fingerprint density at radius 3 is 2.71 bits per heavy atom. The zero-order chi connectivity index (χ0) is 28.2. The molecule has 9 nitrogen and oxygen atoms in total. The van der Waals surface area contributed by atoms with Gasteiger partial charge in [0, 0.05) is 40.1 Å². The van der Waals surface area contributed by atoms with Crippen molar-refractivity contribution in [2.45, 2.75) is 25.9 Å². The van der Waals surface area contributed by atoms with E-state index >= 15 is 0 Å². The van der Waals surface area contributed by atoms with Crippen molar-refractivity contribution in [2.75, 3.05) is 22.6 Å². The van der Waals surface area contributed by atoms with E-state index < -0.39 is 0 Å². The number of anilines is 4. The highest BCUT2D eigenvalue weighted by Crippen LogP contribution is 2.32. The lowest BCUT2D eigenvalue weighted by atomic mass is 10.1. The van der Waals surface area contributed by atoms with Gasteiger partial charge in [0.1, 0.15) is 0 Å². The molecule has 11 heteroatoms. The number of hydrogen-bond acceptors (Lipinski definition) is 9. The van der Waals surface area contributed by atoms with Gasteiger partial charge < -0.3 is 20.7 Å². The second-order valence-corrected chi connectivity index (χ2v) is 11.5. The van der Waals surface area contributed by atoms with Gasteiger partial charge in [0.15, 0.2) is 0 Å². The Balaban J connectivity index is 1.12. The molecule has 0 spiro atoms. The minimum atomic E-state index is -0.351. The average molecular weight is 583 g/mol. The monoisotopic (exact) mass is 582 g/mol. The summed E-state index contributed by atoms with van der Waals surface area (Å²) >= 11 is 3.05. The minimum Gasteiger partial charge on any atom is -0.372 e. The highest BCUT2D eigenvalue weighted by atomic mass is 32.1. The maximum atomic E-state index is 13.1. The summed E-state index contributed by atoms with van der Waals surface area (Å²) in [5.41, 5.74) is 3.93. The molecule has 1 atom stereocenters. The average Bonchev–Trinajstić information content (AvgIpc) is 3.78. The van der Waals surface area contributed by atoms with Crippen LogP contribution in [0.25, 0.3) is 9.75 Å². The second kappa shape index (κ2) is 12.0. The summed E-state index contributed by atoms with van der Waals surface area (Å²) in [6, 6.07) is 16.8. The Bertz CT molecular complexity index is 1700. The molecule has 0 bridgehead atoms. The molecule has 6 rings (SSSR count). The van der Waals surface area contributed by atoms with Gasteiger partial charge in [0.25, 0.3) is 11.8 Å². The molecule has 1 aliphatic rings. The van der Waals surface area contributed by atoms with E-state index in [1.807, 2.05) is 54.8 Å². The molecule has 1 fully saturated rings. The van der Waals surface area contributed by atoms with E-state index in [-0.39, 0.29) is 17.9 Å². The van der Waals surface area contributed by atoms with Crippen molar-refractivity contribution in [3.05, 3.63) is 100 Å². The number of hydrogen-bond donors (Lipinski definition) is 3. The van der Waals surface area contributed by atoms with Crippen LogP contribution in [0, 0.1) is 6.92 Å². The number of carbonyl (C=O) groups is 2. The fourth-order valence-corrected chi connectivity index (χ4v) is 6.15. The first-order valence-electron chi connectivity index (χ1n) is 13.1. The quantitative estimate of drug-likeness (QED) is 0.179. The van der Waals surface area contributed by atoms with Crippen molar-refractivity contribution in [1.29, 1.82) is 0 Å². The Labute approximate surface area is 244 Å². The minimum absolute atomic E-state index is 0.00608. The van der Waals surface area contributed by atoms with Gasteiger partial charge in [-0.15, -0.1) is 22.7 Å². The van der Waals surface area contributed by atoms with E-state index in [1.54, 1.807) is 29.7 Å². The molecule has 1 unspecified atom stereocenters. The SMILES string of the molecule is Cc1ccc(NC(=O)c2cncc(NC(=O)c3ccc(-c4cccs4)s3)c2)cc1Nc1nccc(C2CCCO2)n1. The summed E-state index contributed by atoms with van der Waals surface area (Å²) in [6.07, 6.45) is 6.65. The summed E-state index contributed by atoms with van der Waals surface area (Å²) in [5, 5.41) is 11.0. The van der Waals surface area contributed by atoms with E-state index in [9.17, 15) is 9.59 Å². The fourth-order valence-electron chi connectivity index (χ4n) is 4.42. The van der Waals surface area contributed by atoms with Crippen LogP contribution >= 0.6 is 22.7 Å². The van der Waals surface area contributed by atoms with Crippen molar-refractivity contribution in [1.82, 2.24) is 15.0 Å². The molecule has 0 radical (unpaired) electrons. The first-order valence-corrected chi connectivity index (χ1v) is 14.7. The number of nitrogens with zero attached hydrogens (tertiary/aromatic N) is 3. The van der Waals surface area contributed by atoms with Crippen LogP contribution < -0.4 is 16.0 Å². The van der Waals surface area contributed by atoms with Gasteiger partial charge in [0.05, 0.1) is 34.1 Å². The third-order valence-corrected chi connectivity index (χ3v) is 8.68. The van der Waals surface area contributed by atoms with Gasteiger partial charge in [-0.05, 0) is 73.2 Å². The molecule has 41 heavy (non-hydrogen) atoms. The van der Waals surface area contributed by atoms with Gasteiger partial charge >= 0.3 is 0 Å². The van der Waals surface area contributed by atoms with E-state index in [0.29, 0.717) is 27.8 Å². The normalized spacial score (nSPS) is 14.5. The Morgan fingerprint density at radius 1 is 0.976 bits per heavy atom. The van der Waals surface area contributed by atoms with Crippen LogP contribution in [0.2, 0.25) is 0 Å². The van der Waals surface area contributed by atoms with E-state index in [1.165, 1.54) is 23.7 Å². The van der Waals surface area contributed by atoms with Gasteiger partial charge in [-0.3, -0.25) is 14.6 Å². The summed E-state index contributed by atoms with van der Waals surface area (Å²) in [7, 11) is 0. The molecule has 0 aliphatic carbocycles. The van der Waals surface area contributed by atoms with E-state index in [4.69, 9.17) is 4.74 Å². The fraction of sp³-hybridized carbons (Fsp3) is 0.167. The molecular weight excluding hydrogens is 557 g/mol. The molecule has 1 saturated heterocycles. The van der Waals surface area contributed by atoms with Crippen LogP contribution in [0.15, 0.2) is 78.6 Å². The molecule has 3 N–H and O–H groups in total. The highest BCUT2D eigenvalue weighted by molar-refractivity contribution is 7.22. The number of nitrogens with one attached hydrogen (secondary N) is 3. The van der Waals surface area contributed by atoms with Crippen LogP contribution in [-0.2, 0) is 4.74 Å². The topological polar surface area (TPSA) is 118 Å². The number of carbonyl (C=O) groups excluding carboxylic acids is 2. The largest absolute Gasteiger partial charge is 0.372 e. The molecule has 206 valence electrons. The number of ether oxygens (including phenoxy) is 1. The number of pyridine rings is 1. The lowest BCUT2D eigenvalue weighted by Crippen LogP contribution is -2.15. The van der Waals surface area contributed by atoms with Crippen molar-refractivity contribution >= 4 is 57.5 Å². The van der Waals surface area contributed by atoms with Gasteiger partial charge in [-0.2, -0.15) is 0 Å². The first-order chi connectivity index (χ1) is 20.0. The van der Waals surface area contributed by atoms with Crippen molar-refractivity contribution in [3.63, 3.8) is 0 Å². The predicted molar refractivity (Wildman–Crippen MR) is 162 cm³/mol. The summed E-state index contributed by atoms with van der Waals surface area (Å²) in [6.45, 7) is 2.71. The third-order valence-electron chi connectivity index (χ3n) is 6.53. The summed E-state index contributed by atoms with van der Waals surface area (Å²) in [4.78, 5) is 41.8. The first kappa shape index (κ1) is 26.8. The van der Waals surface area contributed by atoms with E-state index in [2.05, 4.69) is 30.9 Å². The molecule has 2 amide bonds. The third kappa shape index (κ3) is 6.32. The van der Waals surface area contributed by atoms with E-state index in [0.717, 1.165) is 46.1 Å². The Hall–Kier alpha value is -4.45. The number of benzene rings is 1. The number of amides is 2. The zero-order valence-corrected chi connectivity index (χ0v) is 23.7. The van der Waals surface area contributed by atoms with Crippen LogP contribution in [0.4, 0.5) is 23.0 Å². The second-order valence-electron chi connectivity index (χ2n) is 9.47. The molecule has 4 aromatic heterocycles. The number of thiophene rings is 2. The van der Waals surface area contributed by atoms with Crippen LogP contribution in [0.3, 0.4) is 0 Å². The van der Waals surface area contributed by atoms with Crippen molar-refractivity contribution < 1.29 is 14.3 Å². The maximum absolute atomic E-state index is 13.1. The Kier molecular flexibility index (Phi) is 7.81. The Morgan fingerprint density at radius 2 is 1.88 bits per heavy atom. The van der Waals surface area contributed by atoms with Crippen LogP contribution in [0.5, 0.6) is 0 Å². The maximum Gasteiger partial charge on any atom is 0.265 e. The summed E-state index contributed by atoms with van der Waals surface area (Å²) in [5.74, 6) is -0.140. The highest BCUT2D eigenvalue weighted by Gasteiger charge is 2.20. The van der Waals surface area contributed by atoms with Crippen molar-refractivity contribution in [2.24, 2.45) is 0 Å². The molecule has 0 saturated carbocycles. The summed E-state index contributed by atoms with van der Waals surface area (Å²) < 4.78 is 5.75. The number of aryl methyl sites for hydroxylation is 1. The van der Waals surface area contributed by atoms with Crippen LogP contribution in [-0.4, -0.2) is 33.4 Å². The standard InChI is InChI=1S/C30H26N6O3S2/c1-18-6-7-20(15-23(18)36-30-32-11-10-22(35-30)24-4-2-12-39-24)33-28(37)19-14-21(17-31-16-19)34-29(38)27-9-8-26(41-27)25-5-3-13-40-25/h3,5-11,13-17,24H,2,4,12H2,1H3,(H,33,37)(H,34,38)(H,32,35,36). The van der Waals surface area contributed by atoms with Gasteiger partial charge in [-0.1, -0.05) is 12.1 Å². The van der Waals surface area contributed by atoms with Gasteiger partial charge in [0.2, 0.25) is 5.95 Å². The molecule has 5 aromatic rings. The zero-order valence-electron chi connectivity index (χ0n) is 22.1.